The van der Waals surface area contributed by atoms with Crippen LogP contribution < -0.4 is 0 Å². The quantitative estimate of drug-likeness (QED) is 0.827. The van der Waals surface area contributed by atoms with Gasteiger partial charge < -0.3 is 0 Å². The summed E-state index contributed by atoms with van der Waals surface area (Å²) in [6, 6.07) is 5.58. The van der Waals surface area contributed by atoms with E-state index in [0.29, 0.717) is 32.6 Å². The van der Waals surface area contributed by atoms with Gasteiger partial charge in [0, 0.05) is 26.2 Å². The molecule has 1 saturated carbocycles. The Morgan fingerprint density at radius 3 is 2.42 bits per heavy atom. The van der Waals surface area contributed by atoms with Gasteiger partial charge in [0.2, 0.25) is 10.0 Å². The topological polar surface area (TPSA) is 40.6 Å². The van der Waals surface area contributed by atoms with E-state index in [1.807, 2.05) is 4.90 Å². The van der Waals surface area contributed by atoms with Crippen molar-refractivity contribution in [1.82, 2.24) is 9.21 Å². The first kappa shape index (κ1) is 17.7. The van der Waals surface area contributed by atoms with Crippen molar-refractivity contribution in [3.63, 3.8) is 0 Å². The lowest BCUT2D eigenvalue weighted by Gasteiger charge is -2.23. The summed E-state index contributed by atoms with van der Waals surface area (Å²) >= 11 is 0. The SMILES string of the molecule is O=S(=O)(C1CC1)N1CCCN(Cc2ccccc2C(F)(F)F)CC1. The molecule has 24 heavy (non-hydrogen) atoms. The number of nitrogens with zero attached hydrogens (tertiary/aromatic N) is 2. The number of alkyl halides is 3. The molecule has 0 atom stereocenters. The zero-order valence-electron chi connectivity index (χ0n) is 13.3. The Kier molecular flexibility index (Phi) is 4.90. The van der Waals surface area contributed by atoms with E-state index in [1.54, 1.807) is 6.07 Å². The van der Waals surface area contributed by atoms with Gasteiger partial charge in [-0.1, -0.05) is 18.2 Å². The Hall–Kier alpha value is -1.12. The zero-order chi connectivity index (χ0) is 17.4. The maximum Gasteiger partial charge on any atom is 0.416 e. The average Bonchev–Trinajstić information content (AvgIpc) is 3.34. The van der Waals surface area contributed by atoms with Crippen molar-refractivity contribution in [1.29, 1.82) is 0 Å². The molecule has 2 aliphatic rings. The van der Waals surface area contributed by atoms with Crippen LogP contribution in [0.25, 0.3) is 0 Å². The Balaban J connectivity index is 1.68. The van der Waals surface area contributed by atoms with Crippen LogP contribution in [0.5, 0.6) is 0 Å². The molecule has 0 aromatic heterocycles. The van der Waals surface area contributed by atoms with Gasteiger partial charge in [-0.25, -0.2) is 12.7 Å². The standard InChI is InChI=1S/C16H21F3N2O2S/c17-16(18,19)15-5-2-1-4-13(15)12-20-8-3-9-21(11-10-20)24(22,23)14-6-7-14/h1-2,4-5,14H,3,6-12H2. The van der Waals surface area contributed by atoms with E-state index in [4.69, 9.17) is 0 Å². The fourth-order valence-corrected chi connectivity index (χ4v) is 4.99. The van der Waals surface area contributed by atoms with Crippen LogP contribution in [0.15, 0.2) is 24.3 Å². The number of rotatable bonds is 4. The normalized spacial score (nSPS) is 21.6. The number of hydrogen-bond acceptors (Lipinski definition) is 3. The van der Waals surface area contributed by atoms with Crippen molar-refractivity contribution in [3.8, 4) is 0 Å². The molecule has 3 rings (SSSR count). The first-order valence-corrected chi connectivity index (χ1v) is 9.65. The van der Waals surface area contributed by atoms with Gasteiger partial charge in [-0.15, -0.1) is 0 Å². The summed E-state index contributed by atoms with van der Waals surface area (Å²) in [6.07, 6.45) is -2.28. The summed E-state index contributed by atoms with van der Waals surface area (Å²) in [5.74, 6) is 0. The molecule has 8 heteroatoms. The van der Waals surface area contributed by atoms with Crippen molar-refractivity contribution in [2.24, 2.45) is 0 Å². The molecule has 2 fully saturated rings. The molecule has 1 aromatic carbocycles. The summed E-state index contributed by atoms with van der Waals surface area (Å²) in [4.78, 5) is 1.91. The van der Waals surface area contributed by atoms with Gasteiger partial charge in [0.1, 0.15) is 0 Å². The van der Waals surface area contributed by atoms with Crippen molar-refractivity contribution < 1.29 is 21.6 Å². The second-order valence-corrected chi connectivity index (χ2v) is 8.64. The fourth-order valence-electron chi connectivity index (χ4n) is 3.11. The summed E-state index contributed by atoms with van der Waals surface area (Å²) < 4.78 is 65.4. The van der Waals surface area contributed by atoms with Crippen molar-refractivity contribution in [2.75, 3.05) is 26.2 Å². The minimum Gasteiger partial charge on any atom is -0.298 e. The molecule has 0 bridgehead atoms. The average molecular weight is 362 g/mol. The number of halogens is 3. The lowest BCUT2D eigenvalue weighted by Crippen LogP contribution is -2.37. The monoisotopic (exact) mass is 362 g/mol. The smallest absolute Gasteiger partial charge is 0.298 e. The maximum absolute atomic E-state index is 13.1. The van der Waals surface area contributed by atoms with E-state index in [2.05, 4.69) is 0 Å². The minimum absolute atomic E-state index is 0.187. The van der Waals surface area contributed by atoms with E-state index in [1.165, 1.54) is 16.4 Å². The summed E-state index contributed by atoms with van der Waals surface area (Å²) in [6.45, 7) is 2.05. The Labute approximate surface area is 140 Å². The molecule has 1 heterocycles. The summed E-state index contributed by atoms with van der Waals surface area (Å²) in [5.41, 5.74) is -0.375. The highest BCUT2D eigenvalue weighted by Crippen LogP contribution is 2.33. The first-order chi connectivity index (χ1) is 11.3. The molecule has 0 spiro atoms. The third-order valence-electron chi connectivity index (χ3n) is 4.57. The van der Waals surface area contributed by atoms with Crippen LogP contribution in [-0.4, -0.2) is 49.1 Å². The molecule has 0 amide bonds. The Morgan fingerprint density at radius 1 is 1.04 bits per heavy atom. The van der Waals surface area contributed by atoms with Crippen LogP contribution in [0.3, 0.4) is 0 Å². The molecule has 1 aromatic rings. The number of benzene rings is 1. The van der Waals surface area contributed by atoms with E-state index >= 15 is 0 Å². The summed E-state index contributed by atoms with van der Waals surface area (Å²) in [7, 11) is -3.21. The Bertz CT molecular complexity index is 687. The molecule has 4 nitrogen and oxygen atoms in total. The molecule has 0 radical (unpaired) electrons. The molecule has 1 aliphatic carbocycles. The van der Waals surface area contributed by atoms with Gasteiger partial charge in [-0.05, 0) is 37.4 Å². The molecule has 1 saturated heterocycles. The van der Waals surface area contributed by atoms with Gasteiger partial charge in [-0.2, -0.15) is 13.2 Å². The third-order valence-corrected chi connectivity index (χ3v) is 6.97. The van der Waals surface area contributed by atoms with Gasteiger partial charge in [0.05, 0.1) is 10.8 Å². The van der Waals surface area contributed by atoms with Gasteiger partial charge in [-0.3, -0.25) is 4.90 Å². The van der Waals surface area contributed by atoms with Crippen LogP contribution in [0.2, 0.25) is 0 Å². The molecular weight excluding hydrogens is 341 g/mol. The highest BCUT2D eigenvalue weighted by Gasteiger charge is 2.40. The summed E-state index contributed by atoms with van der Waals surface area (Å²) in [5, 5.41) is -0.241. The molecular formula is C16H21F3N2O2S. The van der Waals surface area contributed by atoms with E-state index < -0.39 is 21.8 Å². The van der Waals surface area contributed by atoms with Crippen LogP contribution >= 0.6 is 0 Å². The zero-order valence-corrected chi connectivity index (χ0v) is 14.1. The third kappa shape index (κ3) is 3.92. The van der Waals surface area contributed by atoms with E-state index in [0.717, 1.165) is 18.9 Å². The highest BCUT2D eigenvalue weighted by atomic mass is 32.2. The predicted octanol–water partition coefficient (Wildman–Crippen LogP) is 2.71. The van der Waals surface area contributed by atoms with Crippen LogP contribution in [-0.2, 0) is 22.7 Å². The van der Waals surface area contributed by atoms with Crippen molar-refractivity contribution in [3.05, 3.63) is 35.4 Å². The number of hydrogen-bond donors (Lipinski definition) is 0. The van der Waals surface area contributed by atoms with E-state index in [-0.39, 0.29) is 17.4 Å². The second-order valence-electron chi connectivity index (χ2n) is 6.43. The number of sulfonamides is 1. The lowest BCUT2D eigenvalue weighted by molar-refractivity contribution is -0.138. The van der Waals surface area contributed by atoms with Gasteiger partial charge >= 0.3 is 6.18 Å². The van der Waals surface area contributed by atoms with Crippen LogP contribution in [0, 0.1) is 0 Å². The van der Waals surface area contributed by atoms with Gasteiger partial charge in [0.15, 0.2) is 0 Å². The van der Waals surface area contributed by atoms with E-state index in [9.17, 15) is 21.6 Å². The second kappa shape index (κ2) is 6.65. The lowest BCUT2D eigenvalue weighted by atomic mass is 10.1. The van der Waals surface area contributed by atoms with Crippen molar-refractivity contribution >= 4 is 10.0 Å². The van der Waals surface area contributed by atoms with Gasteiger partial charge in [0.25, 0.3) is 0 Å². The first-order valence-electron chi connectivity index (χ1n) is 8.15. The van der Waals surface area contributed by atoms with Crippen LogP contribution in [0.1, 0.15) is 30.4 Å². The van der Waals surface area contributed by atoms with Crippen molar-refractivity contribution in [2.45, 2.75) is 37.2 Å². The minimum atomic E-state index is -4.37. The predicted molar refractivity (Wildman–Crippen MR) is 84.9 cm³/mol. The fraction of sp³-hybridized carbons (Fsp3) is 0.625. The molecule has 0 N–H and O–H groups in total. The highest BCUT2D eigenvalue weighted by molar-refractivity contribution is 7.90. The maximum atomic E-state index is 13.1. The molecule has 1 aliphatic heterocycles. The Morgan fingerprint density at radius 2 is 1.75 bits per heavy atom. The largest absolute Gasteiger partial charge is 0.416 e. The molecule has 0 unspecified atom stereocenters. The van der Waals surface area contributed by atoms with Crippen LogP contribution in [0.4, 0.5) is 13.2 Å². The molecule has 134 valence electrons.